The van der Waals surface area contributed by atoms with Gasteiger partial charge in [0.05, 0.1) is 5.58 Å². The van der Waals surface area contributed by atoms with Crippen LogP contribution in [0.15, 0.2) is 114 Å². The van der Waals surface area contributed by atoms with Crippen molar-refractivity contribution in [1.82, 2.24) is 15.0 Å². The molecule has 0 aliphatic carbocycles. The van der Waals surface area contributed by atoms with Crippen LogP contribution >= 0.6 is 0 Å². The van der Waals surface area contributed by atoms with E-state index in [9.17, 15) is 0 Å². The third-order valence-corrected chi connectivity index (χ3v) is 6.33. The van der Waals surface area contributed by atoms with Gasteiger partial charge in [-0.05, 0) is 41.4 Å². The molecule has 0 fully saturated rings. The Balaban J connectivity index is 0.000000238. The smallest absolute Gasteiger partial charge is 0.147 e. The molecule has 0 aliphatic heterocycles. The van der Waals surface area contributed by atoms with Gasteiger partial charge in [0.1, 0.15) is 11.1 Å². The van der Waals surface area contributed by atoms with E-state index >= 15 is 0 Å². The number of rotatable bonds is 3. The fourth-order valence-corrected chi connectivity index (χ4v) is 4.61. The van der Waals surface area contributed by atoms with E-state index in [2.05, 4.69) is 22.1 Å². The molecule has 5 heteroatoms. The van der Waals surface area contributed by atoms with Crippen molar-refractivity contribution >= 4 is 32.8 Å². The standard InChI is InChI=1S/C25H21N2O.C11H8N.Ir/c1-25(2,3)15-17-12-10-16-11-13-19-18-7-6-8-20(21-9-4-5-14-26-21)23(18)28-24(19)22(16)27-17;1-2-6-10(7-3-1)11-8-4-5-9-12-11;/h4-7,9-14H,15H2,1-3H3;1-6,8-9H;/q2*-1;/i15D2;;. The maximum Gasteiger partial charge on any atom is 0.147 e. The average molecular weight is 714 g/mol. The van der Waals surface area contributed by atoms with Crippen LogP contribution in [0, 0.1) is 17.5 Å². The predicted octanol–water partition coefficient (Wildman–Crippen LogP) is 9.13. The van der Waals surface area contributed by atoms with Crippen LogP contribution in [-0.2, 0) is 26.5 Å². The van der Waals surface area contributed by atoms with Crippen LogP contribution in [0.1, 0.15) is 29.2 Å². The van der Waals surface area contributed by atoms with Crippen molar-refractivity contribution in [2.75, 3.05) is 0 Å². The van der Waals surface area contributed by atoms with E-state index in [0.29, 0.717) is 22.4 Å². The normalized spacial score (nSPS) is 12.3. The maximum atomic E-state index is 8.62. The molecular weight excluding hydrogens is 683 g/mol. The molecule has 0 N–H and O–H groups in total. The summed E-state index contributed by atoms with van der Waals surface area (Å²) in [6.07, 6.45) is 1.96. The molecule has 4 nitrogen and oxygen atoms in total. The number of aromatic nitrogens is 3. The molecule has 4 aromatic heterocycles. The first-order valence-corrected chi connectivity index (χ1v) is 13.2. The Kier molecular flexibility index (Phi) is 7.63. The number of pyridine rings is 3. The molecule has 0 atom stereocenters. The first-order valence-electron chi connectivity index (χ1n) is 14.2. The molecule has 0 amide bonds. The van der Waals surface area contributed by atoms with Crippen LogP contribution in [0.3, 0.4) is 0 Å². The Morgan fingerprint density at radius 3 is 2.12 bits per heavy atom. The van der Waals surface area contributed by atoms with Gasteiger partial charge in [0.2, 0.25) is 0 Å². The SMILES string of the molecule is [2H]C([2H])(c1ccc2ccc3c4cc[c-]c(-c5ccccn5)c4oc3c2n1)C(C)(C)C.[Ir].[c-]1ccccc1-c1ccccn1. The zero-order valence-corrected chi connectivity index (χ0v) is 25.4. The van der Waals surface area contributed by atoms with Crippen LogP contribution in [0.2, 0.25) is 0 Å². The summed E-state index contributed by atoms with van der Waals surface area (Å²) in [6, 6.07) is 37.4. The molecule has 0 bridgehead atoms. The van der Waals surface area contributed by atoms with Gasteiger partial charge in [-0.3, -0.25) is 0 Å². The topological polar surface area (TPSA) is 51.8 Å². The minimum atomic E-state index is -1.58. The molecule has 7 aromatic rings. The van der Waals surface area contributed by atoms with Gasteiger partial charge in [-0.1, -0.05) is 74.2 Å². The van der Waals surface area contributed by atoms with Crippen LogP contribution in [0.5, 0.6) is 0 Å². The summed E-state index contributed by atoms with van der Waals surface area (Å²) in [6.45, 7) is 5.65. The summed E-state index contributed by atoms with van der Waals surface area (Å²) in [5.74, 6) is 0. The van der Waals surface area contributed by atoms with Crippen molar-refractivity contribution in [1.29, 1.82) is 0 Å². The molecular formula is C36H29IrN3O-2. The summed E-state index contributed by atoms with van der Waals surface area (Å²) < 4.78 is 23.6. The third kappa shape index (κ3) is 6.27. The molecule has 3 aromatic carbocycles. The summed E-state index contributed by atoms with van der Waals surface area (Å²) in [7, 11) is 0. The van der Waals surface area contributed by atoms with Gasteiger partial charge in [0.25, 0.3) is 0 Å². The second-order valence-electron chi connectivity index (χ2n) is 10.5. The minimum absolute atomic E-state index is 0. The summed E-state index contributed by atoms with van der Waals surface area (Å²) in [5.41, 5.74) is 5.47. The molecule has 41 heavy (non-hydrogen) atoms. The largest absolute Gasteiger partial charge is 0.498 e. The molecule has 0 saturated heterocycles. The molecule has 205 valence electrons. The molecule has 1 radical (unpaired) electrons. The number of fused-ring (bicyclic) bond motifs is 5. The van der Waals surface area contributed by atoms with Gasteiger partial charge in [0, 0.05) is 51.7 Å². The van der Waals surface area contributed by atoms with E-state index in [1.807, 2.05) is 112 Å². The van der Waals surface area contributed by atoms with E-state index in [-0.39, 0.29) is 20.1 Å². The van der Waals surface area contributed by atoms with Crippen LogP contribution in [-0.4, -0.2) is 15.0 Å². The maximum absolute atomic E-state index is 8.62. The van der Waals surface area contributed by atoms with Gasteiger partial charge in [-0.2, -0.15) is 0 Å². The van der Waals surface area contributed by atoms with Gasteiger partial charge in [0.15, 0.2) is 0 Å². The van der Waals surface area contributed by atoms with Crippen LogP contribution < -0.4 is 0 Å². The predicted molar refractivity (Wildman–Crippen MR) is 163 cm³/mol. The van der Waals surface area contributed by atoms with E-state index in [4.69, 9.17) is 12.1 Å². The van der Waals surface area contributed by atoms with Crippen molar-refractivity contribution in [3.63, 3.8) is 0 Å². The Labute approximate surface area is 256 Å². The molecule has 0 spiro atoms. The summed E-state index contributed by atoms with van der Waals surface area (Å²) in [4.78, 5) is 13.4. The zero-order valence-electron chi connectivity index (χ0n) is 25.0. The van der Waals surface area contributed by atoms with E-state index < -0.39 is 11.8 Å². The van der Waals surface area contributed by atoms with Crippen molar-refractivity contribution < 1.29 is 27.3 Å². The monoisotopic (exact) mass is 714 g/mol. The summed E-state index contributed by atoms with van der Waals surface area (Å²) in [5, 5.41) is 2.83. The molecule has 4 heterocycles. The Morgan fingerprint density at radius 2 is 1.44 bits per heavy atom. The molecule has 7 rings (SSSR count). The van der Waals surface area contributed by atoms with Crippen LogP contribution in [0.4, 0.5) is 0 Å². The Bertz CT molecular complexity index is 1950. The third-order valence-electron chi connectivity index (χ3n) is 6.33. The quantitative estimate of drug-likeness (QED) is 0.172. The van der Waals surface area contributed by atoms with Gasteiger partial charge < -0.3 is 14.4 Å². The van der Waals surface area contributed by atoms with Gasteiger partial charge >= 0.3 is 0 Å². The van der Waals surface area contributed by atoms with Crippen molar-refractivity contribution in [3.8, 4) is 22.5 Å². The minimum Gasteiger partial charge on any atom is -0.498 e. The molecule has 0 aliphatic rings. The second kappa shape index (κ2) is 12.1. The number of furan rings is 1. The van der Waals surface area contributed by atoms with Crippen molar-refractivity contribution in [3.05, 3.63) is 127 Å². The number of hydrogen-bond donors (Lipinski definition) is 0. The number of nitrogens with zero attached hydrogens (tertiary/aromatic N) is 3. The Hall–Kier alpha value is -4.18. The first-order chi connectivity index (χ1) is 20.2. The second-order valence-corrected chi connectivity index (χ2v) is 10.5. The summed E-state index contributed by atoms with van der Waals surface area (Å²) >= 11 is 0. The van der Waals surface area contributed by atoms with E-state index in [0.717, 1.165) is 38.7 Å². The fourth-order valence-electron chi connectivity index (χ4n) is 4.61. The average Bonchev–Trinajstić information content (AvgIpc) is 3.41. The first kappa shape index (κ1) is 25.8. The number of hydrogen-bond acceptors (Lipinski definition) is 4. The molecule has 0 unspecified atom stereocenters. The van der Waals surface area contributed by atoms with Crippen molar-refractivity contribution in [2.24, 2.45) is 5.41 Å². The Morgan fingerprint density at radius 1 is 0.732 bits per heavy atom. The zero-order chi connectivity index (χ0) is 29.3. The van der Waals surface area contributed by atoms with E-state index in [1.54, 1.807) is 18.5 Å². The fraction of sp³-hybridized carbons (Fsp3) is 0.139. The van der Waals surface area contributed by atoms with E-state index in [1.165, 1.54) is 0 Å². The van der Waals surface area contributed by atoms with Gasteiger partial charge in [-0.15, -0.1) is 54.1 Å². The van der Waals surface area contributed by atoms with Gasteiger partial charge in [-0.25, -0.2) is 4.98 Å². The number of benzene rings is 3. The molecule has 0 saturated carbocycles. The van der Waals surface area contributed by atoms with Crippen molar-refractivity contribution in [2.45, 2.75) is 27.1 Å². The van der Waals surface area contributed by atoms with Crippen LogP contribution in [0.25, 0.3) is 55.4 Å².